The summed E-state index contributed by atoms with van der Waals surface area (Å²) in [6.45, 7) is 2.96. The Bertz CT molecular complexity index is 1010. The molecule has 1 aromatic carbocycles. The van der Waals surface area contributed by atoms with Crippen LogP contribution in [0.25, 0.3) is 5.65 Å². The van der Waals surface area contributed by atoms with Gasteiger partial charge in [-0.15, -0.1) is 15.3 Å². The van der Waals surface area contributed by atoms with Crippen LogP contribution in [0, 0.1) is 0 Å². The van der Waals surface area contributed by atoms with Crippen molar-refractivity contribution in [3.8, 4) is 11.5 Å². The summed E-state index contributed by atoms with van der Waals surface area (Å²) >= 11 is 0. The largest absolute Gasteiger partial charge is 0.497 e. The SMILES string of the molecule is COc1cc(NC(=O)CCc2nnc3ccc(N4CCOCC4)nn23)cc(OC)c1. The van der Waals surface area contributed by atoms with Crippen molar-refractivity contribution in [2.24, 2.45) is 0 Å². The summed E-state index contributed by atoms with van der Waals surface area (Å²) in [5, 5.41) is 15.9. The summed E-state index contributed by atoms with van der Waals surface area (Å²) in [4.78, 5) is 14.6. The summed E-state index contributed by atoms with van der Waals surface area (Å²) in [5.74, 6) is 2.55. The fourth-order valence-corrected chi connectivity index (χ4v) is 3.27. The van der Waals surface area contributed by atoms with E-state index < -0.39 is 0 Å². The Labute approximate surface area is 173 Å². The number of morpholine rings is 1. The van der Waals surface area contributed by atoms with Crippen molar-refractivity contribution in [1.29, 1.82) is 0 Å². The molecule has 1 N–H and O–H groups in total. The normalized spacial score (nSPS) is 14.0. The van der Waals surface area contributed by atoms with Crippen LogP contribution in [-0.4, -0.2) is 66.2 Å². The number of carbonyl (C=O) groups excluding carboxylic acids is 1. The van der Waals surface area contributed by atoms with Crippen LogP contribution in [0.3, 0.4) is 0 Å². The molecule has 30 heavy (non-hydrogen) atoms. The Morgan fingerprint density at radius 3 is 2.53 bits per heavy atom. The van der Waals surface area contributed by atoms with E-state index in [-0.39, 0.29) is 12.3 Å². The van der Waals surface area contributed by atoms with Gasteiger partial charge in [0.1, 0.15) is 17.3 Å². The molecule has 0 spiro atoms. The molecule has 0 atom stereocenters. The van der Waals surface area contributed by atoms with Gasteiger partial charge in [0.05, 0.1) is 27.4 Å². The molecule has 1 aliphatic rings. The summed E-state index contributed by atoms with van der Waals surface area (Å²) in [6, 6.07) is 9.04. The van der Waals surface area contributed by atoms with E-state index in [9.17, 15) is 4.79 Å². The van der Waals surface area contributed by atoms with Crippen molar-refractivity contribution in [2.45, 2.75) is 12.8 Å². The number of nitrogens with one attached hydrogen (secondary N) is 1. The maximum absolute atomic E-state index is 12.5. The lowest BCUT2D eigenvalue weighted by Crippen LogP contribution is -2.37. The molecule has 1 fully saturated rings. The van der Waals surface area contributed by atoms with Crippen molar-refractivity contribution in [3.05, 3.63) is 36.2 Å². The first-order valence-electron chi connectivity index (χ1n) is 9.73. The molecule has 3 heterocycles. The molecule has 0 saturated carbocycles. The highest BCUT2D eigenvalue weighted by Gasteiger charge is 2.16. The van der Waals surface area contributed by atoms with Crippen LogP contribution < -0.4 is 19.7 Å². The van der Waals surface area contributed by atoms with Crippen molar-refractivity contribution >= 4 is 23.1 Å². The molecule has 158 valence electrons. The summed E-state index contributed by atoms with van der Waals surface area (Å²) in [6.07, 6.45) is 0.650. The Morgan fingerprint density at radius 1 is 1.10 bits per heavy atom. The van der Waals surface area contributed by atoms with E-state index in [1.54, 1.807) is 36.9 Å². The van der Waals surface area contributed by atoms with Gasteiger partial charge < -0.3 is 24.4 Å². The standard InChI is InChI=1S/C20H24N6O4/c1-28-15-11-14(12-16(13-15)29-2)21-20(27)6-5-18-23-22-17-3-4-19(24-26(17)18)25-7-9-30-10-8-25/h3-4,11-13H,5-10H2,1-2H3,(H,21,27). The molecular formula is C20H24N6O4. The van der Waals surface area contributed by atoms with Crippen molar-refractivity contribution < 1.29 is 19.0 Å². The van der Waals surface area contributed by atoms with Crippen LogP contribution in [-0.2, 0) is 16.0 Å². The van der Waals surface area contributed by atoms with Gasteiger partial charge in [-0.2, -0.15) is 4.52 Å². The zero-order valence-corrected chi connectivity index (χ0v) is 17.0. The highest BCUT2D eigenvalue weighted by molar-refractivity contribution is 5.91. The van der Waals surface area contributed by atoms with Crippen molar-refractivity contribution in [2.75, 3.05) is 50.7 Å². The first-order valence-corrected chi connectivity index (χ1v) is 9.73. The quantitative estimate of drug-likeness (QED) is 0.624. The number of rotatable bonds is 7. The average Bonchev–Trinajstić information content (AvgIpc) is 3.20. The van der Waals surface area contributed by atoms with E-state index in [2.05, 4.69) is 25.5 Å². The van der Waals surface area contributed by atoms with E-state index in [1.807, 2.05) is 12.1 Å². The molecule has 1 amide bonds. The Hall–Kier alpha value is -3.40. The number of fused-ring (bicyclic) bond motifs is 1. The van der Waals surface area contributed by atoms with Crippen LogP contribution in [0.5, 0.6) is 11.5 Å². The Balaban J connectivity index is 1.43. The van der Waals surface area contributed by atoms with E-state index in [4.69, 9.17) is 14.2 Å². The number of methoxy groups -OCH3 is 2. The molecule has 0 bridgehead atoms. The van der Waals surface area contributed by atoms with Crippen LogP contribution in [0.1, 0.15) is 12.2 Å². The summed E-state index contributed by atoms with van der Waals surface area (Å²) in [7, 11) is 3.13. The molecular weight excluding hydrogens is 388 g/mol. The molecule has 10 nitrogen and oxygen atoms in total. The van der Waals surface area contributed by atoms with E-state index in [0.717, 1.165) is 18.9 Å². The maximum atomic E-state index is 12.5. The van der Waals surface area contributed by atoms with Crippen molar-refractivity contribution in [1.82, 2.24) is 19.8 Å². The highest BCUT2D eigenvalue weighted by Crippen LogP contribution is 2.26. The second kappa shape index (κ2) is 8.95. The molecule has 1 saturated heterocycles. The lowest BCUT2D eigenvalue weighted by molar-refractivity contribution is -0.116. The predicted octanol–water partition coefficient (Wildman–Crippen LogP) is 1.55. The van der Waals surface area contributed by atoms with E-state index >= 15 is 0 Å². The Kier molecular flexibility index (Phi) is 5.94. The van der Waals surface area contributed by atoms with Gasteiger partial charge in [0, 0.05) is 49.8 Å². The number of amides is 1. The topological polar surface area (TPSA) is 103 Å². The number of aryl methyl sites for hydroxylation is 1. The molecule has 1 aliphatic heterocycles. The number of aromatic nitrogens is 4. The maximum Gasteiger partial charge on any atom is 0.224 e. The zero-order chi connectivity index (χ0) is 20.9. The minimum atomic E-state index is -0.147. The van der Waals surface area contributed by atoms with Gasteiger partial charge in [0.25, 0.3) is 0 Å². The Morgan fingerprint density at radius 2 is 1.83 bits per heavy atom. The summed E-state index contributed by atoms with van der Waals surface area (Å²) < 4.78 is 17.6. The van der Waals surface area contributed by atoms with Gasteiger partial charge in [-0.25, -0.2) is 0 Å². The fourth-order valence-electron chi connectivity index (χ4n) is 3.27. The minimum Gasteiger partial charge on any atom is -0.497 e. The third-order valence-corrected chi connectivity index (χ3v) is 4.86. The van der Waals surface area contributed by atoms with Gasteiger partial charge in [-0.1, -0.05) is 0 Å². The number of nitrogens with zero attached hydrogens (tertiary/aromatic N) is 5. The number of carbonyl (C=O) groups is 1. The van der Waals surface area contributed by atoms with Gasteiger partial charge >= 0.3 is 0 Å². The molecule has 3 aromatic rings. The van der Waals surface area contributed by atoms with Crippen LogP contribution in [0.15, 0.2) is 30.3 Å². The smallest absolute Gasteiger partial charge is 0.224 e. The van der Waals surface area contributed by atoms with Crippen LogP contribution in [0.4, 0.5) is 11.5 Å². The lowest BCUT2D eigenvalue weighted by Gasteiger charge is -2.27. The third kappa shape index (κ3) is 4.43. The number of hydrogen-bond acceptors (Lipinski definition) is 8. The highest BCUT2D eigenvalue weighted by atomic mass is 16.5. The first-order chi connectivity index (χ1) is 14.7. The third-order valence-electron chi connectivity index (χ3n) is 4.86. The lowest BCUT2D eigenvalue weighted by atomic mass is 10.2. The predicted molar refractivity (Wildman–Crippen MR) is 110 cm³/mol. The molecule has 0 unspecified atom stereocenters. The number of benzene rings is 1. The second-order valence-electron chi connectivity index (χ2n) is 6.83. The summed E-state index contributed by atoms with van der Waals surface area (Å²) in [5.41, 5.74) is 1.26. The van der Waals surface area contributed by atoms with Gasteiger partial charge in [-0.3, -0.25) is 4.79 Å². The monoisotopic (exact) mass is 412 g/mol. The number of ether oxygens (including phenoxy) is 3. The molecule has 4 rings (SSSR count). The van der Waals surface area contributed by atoms with Gasteiger partial charge in [0.15, 0.2) is 11.5 Å². The number of anilines is 2. The molecule has 2 aromatic heterocycles. The molecule has 0 aliphatic carbocycles. The minimum absolute atomic E-state index is 0.147. The average molecular weight is 412 g/mol. The zero-order valence-electron chi connectivity index (χ0n) is 17.0. The van der Waals surface area contributed by atoms with Gasteiger partial charge in [0.2, 0.25) is 5.91 Å². The van der Waals surface area contributed by atoms with E-state index in [0.29, 0.717) is 48.3 Å². The van der Waals surface area contributed by atoms with Crippen LogP contribution in [0.2, 0.25) is 0 Å². The fraction of sp³-hybridized carbons (Fsp3) is 0.400. The molecule has 0 radical (unpaired) electrons. The number of hydrogen-bond donors (Lipinski definition) is 1. The van der Waals surface area contributed by atoms with E-state index in [1.165, 1.54) is 0 Å². The first kappa shape index (κ1) is 19.9. The molecule has 10 heteroatoms. The van der Waals surface area contributed by atoms with Gasteiger partial charge in [-0.05, 0) is 12.1 Å². The second-order valence-corrected chi connectivity index (χ2v) is 6.83. The van der Waals surface area contributed by atoms with Crippen molar-refractivity contribution in [3.63, 3.8) is 0 Å². The van der Waals surface area contributed by atoms with Crippen LogP contribution >= 0.6 is 0 Å².